The van der Waals surface area contributed by atoms with Crippen LogP contribution in [0.4, 0.5) is 10.5 Å². The van der Waals surface area contributed by atoms with Gasteiger partial charge in [-0.2, -0.15) is 10.1 Å². The minimum Gasteiger partial charge on any atom is -0.442 e. The van der Waals surface area contributed by atoms with E-state index < -0.39 is 11.7 Å². The number of hydrazone groups is 1. The van der Waals surface area contributed by atoms with E-state index in [-0.39, 0.29) is 0 Å². The number of carbonyl (C=O) groups excluding carboxylic acids is 1. The van der Waals surface area contributed by atoms with Crippen LogP contribution in [0, 0.1) is 3.70 Å². The summed E-state index contributed by atoms with van der Waals surface area (Å²) in [6, 6.07) is 10.8. The van der Waals surface area contributed by atoms with Crippen LogP contribution in [0.15, 0.2) is 64.7 Å². The van der Waals surface area contributed by atoms with Gasteiger partial charge in [-0.1, -0.05) is 0 Å². The standard InChI is InChI=1S/C20H19IN4O3/c1-20(2,3)28-19(26)25(24-12-14-8-10-22-11-9-14)16-6-4-15(5-7-16)17-18(21)23-13-27-17/h4-13H,1-3H3. The number of nitrogens with zero attached hydrogens (tertiary/aromatic N) is 4. The number of benzene rings is 1. The molecule has 7 nitrogen and oxygen atoms in total. The van der Waals surface area contributed by atoms with Crippen molar-refractivity contribution in [2.75, 3.05) is 5.01 Å². The van der Waals surface area contributed by atoms with Gasteiger partial charge in [0.25, 0.3) is 0 Å². The van der Waals surface area contributed by atoms with Gasteiger partial charge in [-0.15, -0.1) is 0 Å². The Kier molecular flexibility index (Phi) is 6.08. The number of halogens is 1. The maximum absolute atomic E-state index is 12.7. The highest BCUT2D eigenvalue weighted by molar-refractivity contribution is 14.1. The fraction of sp³-hybridized carbons (Fsp3) is 0.200. The average Bonchev–Trinajstić information content (AvgIpc) is 3.08. The Morgan fingerprint density at radius 1 is 1.18 bits per heavy atom. The molecule has 1 aromatic carbocycles. The first kappa shape index (κ1) is 20.0. The molecule has 0 spiro atoms. The molecule has 3 rings (SSSR count). The van der Waals surface area contributed by atoms with Crippen molar-refractivity contribution >= 4 is 40.6 Å². The summed E-state index contributed by atoms with van der Waals surface area (Å²) in [5, 5.41) is 5.55. The molecule has 0 radical (unpaired) electrons. The average molecular weight is 490 g/mol. The number of amides is 1. The molecule has 0 atom stereocenters. The van der Waals surface area contributed by atoms with E-state index in [1.54, 1.807) is 42.9 Å². The Balaban J connectivity index is 1.90. The molecule has 28 heavy (non-hydrogen) atoms. The lowest BCUT2D eigenvalue weighted by atomic mass is 10.1. The molecule has 1 amide bonds. The molecule has 0 aliphatic rings. The van der Waals surface area contributed by atoms with E-state index in [9.17, 15) is 4.79 Å². The first-order valence-corrected chi connectivity index (χ1v) is 9.58. The van der Waals surface area contributed by atoms with Gasteiger partial charge in [0.1, 0.15) is 9.30 Å². The number of anilines is 1. The Labute approximate surface area is 176 Å². The number of rotatable bonds is 4. The summed E-state index contributed by atoms with van der Waals surface area (Å²) in [6.45, 7) is 5.43. The number of oxazole rings is 1. The van der Waals surface area contributed by atoms with Crippen molar-refractivity contribution in [1.82, 2.24) is 9.97 Å². The zero-order valence-electron chi connectivity index (χ0n) is 15.7. The fourth-order valence-corrected chi connectivity index (χ4v) is 2.82. The molecule has 0 bridgehead atoms. The topological polar surface area (TPSA) is 80.8 Å². The summed E-state index contributed by atoms with van der Waals surface area (Å²) in [5.74, 6) is 0.677. The lowest BCUT2D eigenvalue weighted by Crippen LogP contribution is -2.33. The molecule has 0 fully saturated rings. The monoisotopic (exact) mass is 490 g/mol. The normalized spacial score (nSPS) is 11.6. The fourth-order valence-electron chi connectivity index (χ4n) is 2.27. The molecule has 2 aromatic heterocycles. The minimum atomic E-state index is -0.641. The van der Waals surface area contributed by atoms with Gasteiger partial charge >= 0.3 is 6.09 Å². The SMILES string of the molecule is CC(C)(C)OC(=O)N(N=Cc1ccncc1)c1ccc(-c2ocnc2I)cc1. The summed E-state index contributed by atoms with van der Waals surface area (Å²) in [5.41, 5.74) is 1.60. The number of ether oxygens (including phenoxy) is 1. The molecule has 2 heterocycles. The van der Waals surface area contributed by atoms with Crippen LogP contribution in [0.3, 0.4) is 0 Å². The number of hydrogen-bond acceptors (Lipinski definition) is 6. The van der Waals surface area contributed by atoms with E-state index in [1.807, 2.05) is 32.9 Å². The molecule has 8 heteroatoms. The summed E-state index contributed by atoms with van der Waals surface area (Å²) in [4.78, 5) is 20.8. The molecular formula is C20H19IN4O3. The first-order chi connectivity index (χ1) is 13.3. The van der Waals surface area contributed by atoms with E-state index >= 15 is 0 Å². The van der Waals surface area contributed by atoms with E-state index in [2.05, 4.69) is 37.7 Å². The van der Waals surface area contributed by atoms with Crippen molar-refractivity contribution in [1.29, 1.82) is 0 Å². The van der Waals surface area contributed by atoms with Gasteiger partial charge in [0.05, 0.1) is 11.9 Å². The molecular weight excluding hydrogens is 471 g/mol. The maximum Gasteiger partial charge on any atom is 0.435 e. The van der Waals surface area contributed by atoms with Crippen LogP contribution in [-0.2, 0) is 4.74 Å². The van der Waals surface area contributed by atoms with Crippen molar-refractivity contribution in [3.8, 4) is 11.3 Å². The van der Waals surface area contributed by atoms with Crippen molar-refractivity contribution in [3.05, 3.63) is 64.4 Å². The molecule has 144 valence electrons. The predicted molar refractivity (Wildman–Crippen MR) is 115 cm³/mol. The van der Waals surface area contributed by atoms with Crippen LogP contribution in [-0.4, -0.2) is 27.9 Å². The zero-order chi connectivity index (χ0) is 20.1. The van der Waals surface area contributed by atoms with Crippen LogP contribution in [0.25, 0.3) is 11.3 Å². The van der Waals surface area contributed by atoms with E-state index in [4.69, 9.17) is 9.15 Å². The van der Waals surface area contributed by atoms with Gasteiger partial charge in [-0.05, 0) is 85.3 Å². The molecule has 0 unspecified atom stereocenters. The van der Waals surface area contributed by atoms with Gasteiger partial charge in [-0.3, -0.25) is 4.98 Å². The van der Waals surface area contributed by atoms with Crippen LogP contribution in [0.5, 0.6) is 0 Å². The lowest BCUT2D eigenvalue weighted by Gasteiger charge is -2.24. The van der Waals surface area contributed by atoms with Crippen molar-refractivity contribution in [2.24, 2.45) is 5.10 Å². The third-order valence-electron chi connectivity index (χ3n) is 3.49. The number of pyridine rings is 1. The van der Waals surface area contributed by atoms with E-state index in [1.165, 1.54) is 11.4 Å². The second-order valence-corrected chi connectivity index (χ2v) is 7.86. The van der Waals surface area contributed by atoms with Crippen LogP contribution >= 0.6 is 22.6 Å². The molecule has 0 aliphatic carbocycles. The smallest absolute Gasteiger partial charge is 0.435 e. The highest BCUT2D eigenvalue weighted by Gasteiger charge is 2.23. The second kappa shape index (κ2) is 8.51. The molecule has 0 N–H and O–H groups in total. The van der Waals surface area contributed by atoms with Crippen molar-refractivity contribution < 1.29 is 13.9 Å². The summed E-state index contributed by atoms with van der Waals surface area (Å²) < 4.78 is 11.7. The lowest BCUT2D eigenvalue weighted by molar-refractivity contribution is 0.0581. The first-order valence-electron chi connectivity index (χ1n) is 8.50. The quantitative estimate of drug-likeness (QED) is 0.288. The largest absolute Gasteiger partial charge is 0.442 e. The van der Waals surface area contributed by atoms with Gasteiger partial charge < -0.3 is 9.15 Å². The highest BCUT2D eigenvalue weighted by atomic mass is 127. The van der Waals surface area contributed by atoms with Crippen molar-refractivity contribution in [3.63, 3.8) is 0 Å². The Bertz CT molecular complexity index is 963. The number of carbonyl (C=O) groups is 1. The van der Waals surface area contributed by atoms with Gasteiger partial charge in [0.2, 0.25) is 0 Å². The summed E-state index contributed by atoms with van der Waals surface area (Å²) in [7, 11) is 0. The predicted octanol–water partition coefficient (Wildman–Crippen LogP) is 5.12. The Hall–Kier alpha value is -2.75. The molecule has 0 aliphatic heterocycles. The number of aromatic nitrogens is 2. The van der Waals surface area contributed by atoms with Crippen LogP contribution in [0.2, 0.25) is 0 Å². The summed E-state index contributed by atoms with van der Waals surface area (Å²) >= 11 is 2.11. The minimum absolute atomic E-state index is 0.567. The van der Waals surface area contributed by atoms with Gasteiger partial charge in [0, 0.05) is 18.0 Å². The van der Waals surface area contributed by atoms with E-state index in [0.29, 0.717) is 11.4 Å². The second-order valence-electron chi connectivity index (χ2n) is 6.84. The van der Waals surface area contributed by atoms with Crippen LogP contribution in [0.1, 0.15) is 26.3 Å². The molecule has 0 saturated heterocycles. The Morgan fingerprint density at radius 3 is 2.43 bits per heavy atom. The van der Waals surface area contributed by atoms with Crippen LogP contribution < -0.4 is 5.01 Å². The third-order valence-corrected chi connectivity index (χ3v) is 4.26. The molecule has 0 saturated carbocycles. The summed E-state index contributed by atoms with van der Waals surface area (Å²) in [6.07, 6.45) is 5.73. The van der Waals surface area contributed by atoms with E-state index in [0.717, 1.165) is 14.8 Å². The third kappa shape index (κ3) is 5.16. The van der Waals surface area contributed by atoms with Gasteiger partial charge in [-0.25, -0.2) is 9.78 Å². The zero-order valence-corrected chi connectivity index (χ0v) is 17.8. The Morgan fingerprint density at radius 2 is 1.86 bits per heavy atom. The highest BCUT2D eigenvalue weighted by Crippen LogP contribution is 2.27. The maximum atomic E-state index is 12.7. The van der Waals surface area contributed by atoms with Gasteiger partial charge in [0.15, 0.2) is 12.2 Å². The van der Waals surface area contributed by atoms with Crippen molar-refractivity contribution in [2.45, 2.75) is 26.4 Å². The number of hydrogen-bond donors (Lipinski definition) is 0. The molecule has 3 aromatic rings.